The van der Waals surface area contributed by atoms with Gasteiger partial charge >= 0.3 is 5.97 Å². The van der Waals surface area contributed by atoms with E-state index in [9.17, 15) is 9.59 Å². The highest BCUT2D eigenvalue weighted by molar-refractivity contribution is 8.00. The summed E-state index contributed by atoms with van der Waals surface area (Å²) in [7, 11) is 1.70. The molecular weight excluding hydrogens is 364 g/mol. The predicted octanol–water partition coefficient (Wildman–Crippen LogP) is 2.37. The maximum absolute atomic E-state index is 12.7. The van der Waals surface area contributed by atoms with Crippen LogP contribution in [-0.2, 0) is 14.3 Å². The standard InChI is InChI=1S/C19H22N4O3S/c1-14-8-11-23(15-6-3-4-7-16(15)27-14)17(24)13-26-18(25)12-22(2)19-20-9-5-10-21-19/h3-7,9-10,14H,8,11-13H2,1-2H3. The number of hydrogen-bond donors (Lipinski definition) is 0. The molecule has 0 spiro atoms. The van der Waals surface area contributed by atoms with Crippen molar-refractivity contribution in [3.05, 3.63) is 42.7 Å². The highest BCUT2D eigenvalue weighted by Gasteiger charge is 2.25. The van der Waals surface area contributed by atoms with E-state index in [2.05, 4.69) is 16.9 Å². The van der Waals surface area contributed by atoms with Crippen LogP contribution >= 0.6 is 11.8 Å². The zero-order valence-electron chi connectivity index (χ0n) is 15.4. The highest BCUT2D eigenvalue weighted by Crippen LogP contribution is 2.37. The zero-order valence-corrected chi connectivity index (χ0v) is 16.2. The first-order chi connectivity index (χ1) is 13.0. The van der Waals surface area contributed by atoms with Crippen LogP contribution in [0.1, 0.15) is 13.3 Å². The number of anilines is 2. The van der Waals surface area contributed by atoms with Gasteiger partial charge in [0.1, 0.15) is 6.54 Å². The van der Waals surface area contributed by atoms with Gasteiger partial charge in [-0.2, -0.15) is 0 Å². The third-order valence-electron chi connectivity index (χ3n) is 4.16. The average Bonchev–Trinajstić information content (AvgIpc) is 2.85. The first-order valence-corrected chi connectivity index (χ1v) is 9.62. The topological polar surface area (TPSA) is 75.6 Å². The monoisotopic (exact) mass is 386 g/mol. The molecule has 2 heterocycles. The van der Waals surface area contributed by atoms with Gasteiger partial charge in [0.15, 0.2) is 6.61 Å². The lowest BCUT2D eigenvalue weighted by Crippen LogP contribution is -2.37. The molecule has 2 aromatic rings. The van der Waals surface area contributed by atoms with Crippen LogP contribution in [0.15, 0.2) is 47.6 Å². The minimum absolute atomic E-state index is 0.0270. The fraction of sp³-hybridized carbons (Fsp3) is 0.368. The van der Waals surface area contributed by atoms with Crippen LogP contribution < -0.4 is 9.80 Å². The third-order valence-corrected chi connectivity index (χ3v) is 5.40. The van der Waals surface area contributed by atoms with Crippen molar-refractivity contribution in [1.29, 1.82) is 0 Å². The molecule has 1 aliphatic heterocycles. The third kappa shape index (κ3) is 4.97. The Bertz CT molecular complexity index is 803. The predicted molar refractivity (Wildman–Crippen MR) is 105 cm³/mol. The molecule has 0 N–H and O–H groups in total. The number of thioether (sulfide) groups is 1. The summed E-state index contributed by atoms with van der Waals surface area (Å²) in [5, 5.41) is 0.422. The normalized spacial score (nSPS) is 16.2. The molecule has 3 rings (SSSR count). The number of rotatable bonds is 5. The van der Waals surface area contributed by atoms with Gasteiger partial charge in [-0.25, -0.2) is 9.97 Å². The Morgan fingerprint density at radius 1 is 1.26 bits per heavy atom. The Morgan fingerprint density at radius 2 is 2.00 bits per heavy atom. The molecule has 8 heteroatoms. The van der Waals surface area contributed by atoms with E-state index < -0.39 is 5.97 Å². The number of esters is 1. The van der Waals surface area contributed by atoms with Crippen molar-refractivity contribution in [3.8, 4) is 0 Å². The summed E-state index contributed by atoms with van der Waals surface area (Å²) in [6.45, 7) is 2.45. The molecule has 0 aliphatic carbocycles. The molecule has 1 unspecified atom stereocenters. The van der Waals surface area contributed by atoms with Gasteiger partial charge in [0, 0.05) is 36.1 Å². The van der Waals surface area contributed by atoms with Gasteiger partial charge in [0.25, 0.3) is 5.91 Å². The summed E-state index contributed by atoms with van der Waals surface area (Å²) in [5.74, 6) is -0.290. The van der Waals surface area contributed by atoms with Crippen LogP contribution in [0.3, 0.4) is 0 Å². The number of aromatic nitrogens is 2. The van der Waals surface area contributed by atoms with Crippen LogP contribution in [0.2, 0.25) is 0 Å². The SMILES string of the molecule is CC1CCN(C(=O)COC(=O)CN(C)c2ncccn2)c2ccccc2S1. The lowest BCUT2D eigenvalue weighted by Gasteiger charge is -2.22. The molecule has 0 saturated heterocycles. The van der Waals surface area contributed by atoms with E-state index in [4.69, 9.17) is 4.74 Å². The first-order valence-electron chi connectivity index (χ1n) is 8.74. The van der Waals surface area contributed by atoms with Crippen molar-refractivity contribution >= 4 is 35.3 Å². The molecule has 1 aromatic carbocycles. The smallest absolute Gasteiger partial charge is 0.326 e. The van der Waals surface area contributed by atoms with Crippen molar-refractivity contribution in [2.24, 2.45) is 0 Å². The summed E-state index contributed by atoms with van der Waals surface area (Å²) in [6.07, 6.45) is 4.08. The number of para-hydroxylation sites is 1. The van der Waals surface area contributed by atoms with E-state index >= 15 is 0 Å². The van der Waals surface area contributed by atoms with Crippen LogP contribution in [0.25, 0.3) is 0 Å². The number of fused-ring (bicyclic) bond motifs is 1. The minimum atomic E-state index is -0.496. The average molecular weight is 386 g/mol. The van der Waals surface area contributed by atoms with Gasteiger partial charge in [-0.05, 0) is 24.6 Å². The second-order valence-electron chi connectivity index (χ2n) is 6.30. The van der Waals surface area contributed by atoms with Crippen molar-refractivity contribution in [2.75, 3.05) is 36.5 Å². The quantitative estimate of drug-likeness (QED) is 0.730. The van der Waals surface area contributed by atoms with Gasteiger partial charge < -0.3 is 14.5 Å². The largest absolute Gasteiger partial charge is 0.454 e. The molecular formula is C19H22N4O3S. The molecule has 27 heavy (non-hydrogen) atoms. The molecule has 1 aromatic heterocycles. The Balaban J connectivity index is 1.58. The van der Waals surface area contributed by atoms with Crippen molar-refractivity contribution in [2.45, 2.75) is 23.5 Å². The van der Waals surface area contributed by atoms with Crippen molar-refractivity contribution < 1.29 is 14.3 Å². The number of hydrogen-bond acceptors (Lipinski definition) is 7. The van der Waals surface area contributed by atoms with E-state index in [1.165, 1.54) is 0 Å². The molecule has 1 atom stereocenters. The molecule has 1 aliphatic rings. The Hall–Kier alpha value is -2.61. The Morgan fingerprint density at radius 3 is 2.78 bits per heavy atom. The molecule has 1 amide bonds. The molecule has 0 bridgehead atoms. The fourth-order valence-corrected chi connectivity index (χ4v) is 3.88. The molecule has 142 valence electrons. The van der Waals surface area contributed by atoms with Crippen molar-refractivity contribution in [3.63, 3.8) is 0 Å². The summed E-state index contributed by atoms with van der Waals surface area (Å²) < 4.78 is 5.20. The number of likely N-dealkylation sites (N-methyl/N-ethyl adjacent to an activating group) is 1. The van der Waals surface area contributed by atoms with Gasteiger partial charge in [0.2, 0.25) is 5.95 Å². The summed E-state index contributed by atoms with van der Waals surface area (Å²) >= 11 is 1.76. The van der Waals surface area contributed by atoms with Gasteiger partial charge in [-0.3, -0.25) is 9.59 Å². The Labute approximate surface area is 162 Å². The maximum Gasteiger partial charge on any atom is 0.326 e. The molecule has 7 nitrogen and oxygen atoms in total. The maximum atomic E-state index is 12.7. The first kappa shape index (κ1) is 19.2. The fourth-order valence-electron chi connectivity index (χ4n) is 2.76. The lowest BCUT2D eigenvalue weighted by atomic mass is 10.2. The number of amides is 1. The van der Waals surface area contributed by atoms with Crippen LogP contribution in [0.4, 0.5) is 11.6 Å². The minimum Gasteiger partial charge on any atom is -0.454 e. The van der Waals surface area contributed by atoms with E-state index in [0.717, 1.165) is 17.0 Å². The number of benzene rings is 1. The molecule has 0 fully saturated rings. The van der Waals surface area contributed by atoms with E-state index in [-0.39, 0.29) is 19.1 Å². The Kier molecular flexibility index (Phi) is 6.28. The van der Waals surface area contributed by atoms with Crippen LogP contribution in [0, 0.1) is 0 Å². The van der Waals surface area contributed by atoms with E-state index in [0.29, 0.717) is 17.7 Å². The number of carbonyl (C=O) groups excluding carboxylic acids is 2. The summed E-state index contributed by atoms with van der Waals surface area (Å²) in [4.78, 5) is 37.3. The zero-order chi connectivity index (χ0) is 19.2. The lowest BCUT2D eigenvalue weighted by molar-refractivity contribution is -0.146. The van der Waals surface area contributed by atoms with Gasteiger partial charge in [-0.1, -0.05) is 19.1 Å². The van der Waals surface area contributed by atoms with E-state index in [1.54, 1.807) is 47.1 Å². The van der Waals surface area contributed by atoms with Crippen LogP contribution in [0.5, 0.6) is 0 Å². The summed E-state index contributed by atoms with van der Waals surface area (Å²) in [6, 6.07) is 9.53. The van der Waals surface area contributed by atoms with Crippen LogP contribution in [-0.4, -0.2) is 53.8 Å². The second-order valence-corrected chi connectivity index (χ2v) is 7.78. The number of nitrogens with zero attached hydrogens (tertiary/aromatic N) is 4. The summed E-state index contributed by atoms with van der Waals surface area (Å²) in [5.41, 5.74) is 0.878. The molecule has 0 radical (unpaired) electrons. The number of carbonyl (C=O) groups is 2. The van der Waals surface area contributed by atoms with Gasteiger partial charge in [-0.15, -0.1) is 11.8 Å². The molecule has 0 saturated carbocycles. The number of ether oxygens (including phenoxy) is 1. The van der Waals surface area contributed by atoms with E-state index in [1.807, 2.05) is 24.3 Å². The highest BCUT2D eigenvalue weighted by atomic mass is 32.2. The van der Waals surface area contributed by atoms with Gasteiger partial charge in [0.05, 0.1) is 5.69 Å². The second kappa shape index (κ2) is 8.85. The van der Waals surface area contributed by atoms with Crippen molar-refractivity contribution in [1.82, 2.24) is 9.97 Å².